The van der Waals surface area contributed by atoms with E-state index in [1.54, 1.807) is 167 Å². The predicted octanol–water partition coefficient (Wildman–Crippen LogP) is 5.44. The Morgan fingerprint density at radius 1 is 0.371 bits per heavy atom. The first-order valence-electron chi connectivity index (χ1n) is 18.5. The van der Waals surface area contributed by atoms with Crippen LogP contribution in [0.25, 0.3) is 44.5 Å². The van der Waals surface area contributed by atoms with Crippen LogP contribution in [0, 0.1) is 27.7 Å². The van der Waals surface area contributed by atoms with Crippen LogP contribution in [-0.4, -0.2) is 53.4 Å². The van der Waals surface area contributed by atoms with Gasteiger partial charge in [0.2, 0.25) is 0 Å². The standard InChI is InChI=1S/4C11H10O3S.Al.Na/c4*1-8-7-9-5-3-2-4-6-10(9)11(8)15(12,13)14;;/h4*2-7H,1H3,(H,12,13,14);;/q;;;;+3;+1/p-4. The summed E-state index contributed by atoms with van der Waals surface area (Å²) in [7, 11) is -18.9. The van der Waals surface area contributed by atoms with Gasteiger partial charge in [-0.3, -0.25) is 0 Å². The molecule has 0 N–H and O–H groups in total. The molecule has 8 rings (SSSR count). The van der Waals surface area contributed by atoms with E-state index in [9.17, 15) is 38.2 Å². The molecule has 0 atom stereocenters. The minimum atomic E-state index is -4.83. The molecule has 62 heavy (non-hydrogen) atoms. The van der Waals surface area contributed by atoms with Crippen LogP contribution in [0.1, 0.15) is 22.3 Å². The maximum absolute atomic E-state index is 13.9. The molecule has 12 nitrogen and oxygen atoms in total. The van der Waals surface area contributed by atoms with E-state index in [0.717, 1.165) is 5.56 Å². The molecule has 0 saturated carbocycles. The van der Waals surface area contributed by atoms with Crippen LogP contribution in [0.3, 0.4) is 0 Å². The van der Waals surface area contributed by atoms with Gasteiger partial charge < -0.3 is 14.3 Å². The van der Waals surface area contributed by atoms with Gasteiger partial charge >= 0.3 is 44.7 Å². The van der Waals surface area contributed by atoms with E-state index in [2.05, 4.69) is 0 Å². The summed E-state index contributed by atoms with van der Waals surface area (Å²) in [5, 5.41) is 0. The number of hydrogen-bond donors (Lipinski definition) is 0. The molecule has 0 spiro atoms. The van der Waals surface area contributed by atoms with Crippen molar-refractivity contribution < 1.29 is 77.5 Å². The van der Waals surface area contributed by atoms with E-state index in [4.69, 9.17) is 9.70 Å². The van der Waals surface area contributed by atoms with Gasteiger partial charge in [0.15, 0.2) is 0 Å². The maximum Gasteiger partial charge on any atom is 1.00 e. The molecule has 0 saturated heterocycles. The third kappa shape index (κ3) is 9.86. The molecule has 0 bridgehead atoms. The van der Waals surface area contributed by atoms with Gasteiger partial charge in [-0.1, -0.05) is 127 Å². The number of hydrogen-bond acceptors (Lipinski definition) is 12. The predicted molar refractivity (Wildman–Crippen MR) is 230 cm³/mol. The minimum Gasteiger partial charge on any atom is -0.744 e. The molecule has 8 aliphatic rings. The number of fused-ring (bicyclic) bond motifs is 4. The Hall–Kier alpha value is -4.03. The molecule has 8 aliphatic carbocycles. The van der Waals surface area contributed by atoms with E-state index < -0.39 is 55.6 Å². The Kier molecular flexibility index (Phi) is 14.2. The van der Waals surface area contributed by atoms with Crippen LogP contribution >= 0.6 is 0 Å². The molecule has 312 valence electrons. The van der Waals surface area contributed by atoms with Crippen molar-refractivity contribution in [1.29, 1.82) is 0 Å². The fourth-order valence-corrected chi connectivity index (χ4v) is 16.0. The van der Waals surface area contributed by atoms with E-state index in [0.29, 0.717) is 61.2 Å². The number of rotatable bonds is 10. The van der Waals surface area contributed by atoms with Crippen molar-refractivity contribution in [2.45, 2.75) is 47.3 Å². The first-order valence-corrected chi connectivity index (χ1v) is 25.5. The Morgan fingerprint density at radius 2 is 0.597 bits per heavy atom. The van der Waals surface area contributed by atoms with Gasteiger partial charge in [0.1, 0.15) is 24.8 Å². The summed E-state index contributed by atoms with van der Waals surface area (Å²) in [6.07, 6.45) is 0. The molecule has 0 unspecified atom stereocenters. The zero-order chi connectivity index (χ0) is 43.9. The molecule has 0 aromatic carbocycles. The van der Waals surface area contributed by atoms with Crippen LogP contribution < -0.4 is 29.6 Å². The van der Waals surface area contributed by atoms with E-state index in [1.807, 2.05) is 6.07 Å². The summed E-state index contributed by atoms with van der Waals surface area (Å²) < 4.78 is 133. The van der Waals surface area contributed by atoms with Crippen LogP contribution in [0.15, 0.2) is 165 Å². The normalized spacial score (nSPS) is 12.2. The van der Waals surface area contributed by atoms with E-state index in [-0.39, 0.29) is 49.1 Å². The van der Waals surface area contributed by atoms with Gasteiger partial charge in [0.25, 0.3) is 30.4 Å². The molecule has 18 heteroatoms. The molecular weight excluding hydrogens is 899 g/mol. The Bertz CT molecular complexity index is 3000. The summed E-state index contributed by atoms with van der Waals surface area (Å²) in [5.74, 6) is 0. The maximum atomic E-state index is 13.9. The second kappa shape index (κ2) is 18.6. The minimum absolute atomic E-state index is 0. The second-order valence-electron chi connectivity index (χ2n) is 14.1. The summed E-state index contributed by atoms with van der Waals surface area (Å²) >= 11 is -4.67. The molecule has 0 fully saturated rings. The van der Waals surface area contributed by atoms with Crippen LogP contribution in [0.2, 0.25) is 0 Å². The van der Waals surface area contributed by atoms with Gasteiger partial charge in [0, 0.05) is 16.7 Å². The first-order chi connectivity index (χ1) is 28.8. The van der Waals surface area contributed by atoms with Crippen molar-refractivity contribution in [2.24, 2.45) is 0 Å². The Labute approximate surface area is 389 Å². The van der Waals surface area contributed by atoms with Gasteiger partial charge in [-0.2, -0.15) is 25.3 Å². The van der Waals surface area contributed by atoms with Gasteiger partial charge in [-0.05, 0) is 96.0 Å². The van der Waals surface area contributed by atoms with Crippen molar-refractivity contribution in [2.75, 3.05) is 0 Å². The van der Waals surface area contributed by atoms with Crippen molar-refractivity contribution in [3.8, 4) is 44.5 Å². The van der Waals surface area contributed by atoms with Crippen LogP contribution in [0.4, 0.5) is 0 Å². The Balaban J connectivity index is 0.000000338. The van der Waals surface area contributed by atoms with Crippen LogP contribution in [-0.2, 0) is 50.2 Å². The smallest absolute Gasteiger partial charge is 0.744 e. The third-order valence-electron chi connectivity index (χ3n) is 9.80. The quantitative estimate of drug-likeness (QED) is 0.125. The van der Waals surface area contributed by atoms with Crippen molar-refractivity contribution in [3.63, 3.8) is 0 Å². The molecule has 0 radical (unpaired) electrons. The SMILES string of the molecule is Cc1cc2cccccc-2c1S(=O)(=O)[O-].Cc1cc2cccccc-2c1S(=O)(=O)[O][Al]([O]S(=O)(=O)c1c(C)cc2cccccc1-2)[O]S(=O)(=O)c1c(C)cc2cccccc1-2.[Na+]. The van der Waals surface area contributed by atoms with Crippen molar-refractivity contribution >= 4 is 55.6 Å². The van der Waals surface area contributed by atoms with Crippen molar-refractivity contribution in [1.82, 2.24) is 0 Å². The fraction of sp³-hybridized carbons (Fsp3) is 0.0909. The molecule has 0 aromatic rings. The summed E-state index contributed by atoms with van der Waals surface area (Å²) in [5.41, 5.74) is 5.38. The van der Waals surface area contributed by atoms with Gasteiger partial charge in [-0.15, -0.1) is 0 Å². The molecular formula is C44H36AlNaO12S4. The Morgan fingerprint density at radius 3 is 0.855 bits per heavy atom. The van der Waals surface area contributed by atoms with Crippen molar-refractivity contribution in [3.05, 3.63) is 168 Å². The van der Waals surface area contributed by atoms with E-state index in [1.165, 1.54) is 0 Å². The largest absolute Gasteiger partial charge is 1.00 e. The van der Waals surface area contributed by atoms with E-state index >= 15 is 0 Å². The summed E-state index contributed by atoms with van der Waals surface area (Å²) in [6.45, 7) is 6.30. The monoisotopic (exact) mass is 934 g/mol. The second-order valence-corrected chi connectivity index (χ2v) is 22.3. The zero-order valence-electron chi connectivity index (χ0n) is 34.0. The van der Waals surface area contributed by atoms with Gasteiger partial charge in [0.05, 0.1) is 4.90 Å². The van der Waals surface area contributed by atoms with Gasteiger partial charge in [-0.25, -0.2) is 8.42 Å². The molecule has 0 aromatic heterocycles. The fourth-order valence-electron chi connectivity index (χ4n) is 7.45. The molecule has 0 heterocycles. The number of aryl methyl sites for hydroxylation is 4. The average molecular weight is 935 g/mol. The molecule has 0 aliphatic heterocycles. The van der Waals surface area contributed by atoms with Crippen LogP contribution in [0.5, 0.6) is 0 Å². The summed E-state index contributed by atoms with van der Waals surface area (Å²) in [4.78, 5) is -0.847. The summed E-state index contributed by atoms with van der Waals surface area (Å²) in [6, 6.07) is 40.5. The third-order valence-corrected chi connectivity index (χ3v) is 18.9. The zero-order valence-corrected chi connectivity index (χ0v) is 40.4. The first kappa shape index (κ1) is 47.5. The topological polar surface area (TPSA) is 187 Å². The average Bonchev–Trinajstić information content (AvgIpc) is 3.58. The molecule has 0 amide bonds.